The van der Waals surface area contributed by atoms with Crippen LogP contribution in [0.2, 0.25) is 5.15 Å². The van der Waals surface area contributed by atoms with E-state index in [-0.39, 0.29) is 17.0 Å². The van der Waals surface area contributed by atoms with Gasteiger partial charge >= 0.3 is 0 Å². The smallest absolute Gasteiger partial charge is 0.254 e. The van der Waals surface area contributed by atoms with Crippen molar-refractivity contribution in [3.8, 4) is 0 Å². The summed E-state index contributed by atoms with van der Waals surface area (Å²) in [6.45, 7) is 1.65. The van der Waals surface area contributed by atoms with Crippen molar-refractivity contribution in [3.05, 3.63) is 76.4 Å². The molecule has 1 aliphatic rings. The highest BCUT2D eigenvalue weighted by molar-refractivity contribution is 6.30. The van der Waals surface area contributed by atoms with Gasteiger partial charge in [-0.1, -0.05) is 11.6 Å². The van der Waals surface area contributed by atoms with Gasteiger partial charge in [0.1, 0.15) is 16.8 Å². The third-order valence-corrected chi connectivity index (χ3v) is 5.33. The van der Waals surface area contributed by atoms with Crippen LogP contribution in [0.1, 0.15) is 27.1 Å². The molecule has 154 valence electrons. The first kappa shape index (κ1) is 20.2. The molecule has 2 amide bonds. The van der Waals surface area contributed by atoms with Crippen LogP contribution in [0.4, 0.5) is 8.78 Å². The zero-order valence-electron chi connectivity index (χ0n) is 15.9. The first-order chi connectivity index (χ1) is 14.4. The van der Waals surface area contributed by atoms with Gasteiger partial charge in [-0.15, -0.1) is 0 Å². The summed E-state index contributed by atoms with van der Waals surface area (Å²) in [4.78, 5) is 33.3. The summed E-state index contributed by atoms with van der Waals surface area (Å²) in [7, 11) is 0. The first-order valence-corrected chi connectivity index (χ1v) is 9.90. The fourth-order valence-corrected chi connectivity index (χ4v) is 3.82. The zero-order valence-corrected chi connectivity index (χ0v) is 16.7. The summed E-state index contributed by atoms with van der Waals surface area (Å²) in [6, 6.07) is 10.9. The van der Waals surface area contributed by atoms with E-state index in [9.17, 15) is 18.4 Å². The van der Waals surface area contributed by atoms with E-state index >= 15 is 0 Å². The molecule has 0 radical (unpaired) electrons. The third-order valence-electron chi connectivity index (χ3n) is 5.13. The molecule has 0 aliphatic carbocycles. The summed E-state index contributed by atoms with van der Waals surface area (Å²) < 4.78 is 26.7. The predicted molar refractivity (Wildman–Crippen MR) is 110 cm³/mol. The van der Waals surface area contributed by atoms with Crippen LogP contribution >= 0.6 is 11.6 Å². The molecule has 2 aromatic carbocycles. The average molecular weight is 430 g/mol. The minimum atomic E-state index is -0.458. The molecular weight excluding hydrogens is 412 g/mol. The molecule has 3 aromatic rings. The van der Waals surface area contributed by atoms with E-state index in [0.717, 1.165) is 0 Å². The Bertz CT molecular complexity index is 1120. The lowest BCUT2D eigenvalue weighted by Gasteiger charge is -2.23. The maximum Gasteiger partial charge on any atom is 0.254 e. The summed E-state index contributed by atoms with van der Waals surface area (Å²) >= 11 is 6.05. The predicted octanol–water partition coefficient (Wildman–Crippen LogP) is 4.15. The van der Waals surface area contributed by atoms with Crippen LogP contribution in [0.25, 0.3) is 10.9 Å². The number of pyridine rings is 1. The maximum atomic E-state index is 13.6. The number of carbonyl (C=O) groups excluding carboxylic acids is 2. The van der Waals surface area contributed by atoms with Crippen LogP contribution in [0.3, 0.4) is 0 Å². The van der Waals surface area contributed by atoms with Crippen LogP contribution in [0, 0.1) is 11.6 Å². The number of fused-ring (bicyclic) bond motifs is 1. The fourth-order valence-electron chi connectivity index (χ4n) is 3.62. The van der Waals surface area contributed by atoms with Crippen LogP contribution in [-0.2, 0) is 0 Å². The Morgan fingerprint density at radius 1 is 0.833 bits per heavy atom. The lowest BCUT2D eigenvalue weighted by Crippen LogP contribution is -2.37. The second kappa shape index (κ2) is 8.36. The number of hydrogen-bond donors (Lipinski definition) is 0. The van der Waals surface area contributed by atoms with E-state index in [4.69, 9.17) is 11.6 Å². The van der Waals surface area contributed by atoms with Gasteiger partial charge in [-0.05, 0) is 48.9 Å². The van der Waals surface area contributed by atoms with Crippen LogP contribution in [-0.4, -0.2) is 52.8 Å². The molecule has 1 aliphatic heterocycles. The van der Waals surface area contributed by atoms with Crippen molar-refractivity contribution in [2.45, 2.75) is 6.42 Å². The molecule has 2 heterocycles. The van der Waals surface area contributed by atoms with Gasteiger partial charge in [0.25, 0.3) is 11.8 Å². The quantitative estimate of drug-likeness (QED) is 0.575. The highest BCUT2D eigenvalue weighted by Crippen LogP contribution is 2.24. The summed E-state index contributed by atoms with van der Waals surface area (Å²) in [5.74, 6) is -1.30. The Labute approximate surface area is 176 Å². The number of halogens is 3. The summed E-state index contributed by atoms with van der Waals surface area (Å²) in [5.41, 5.74) is 1.07. The summed E-state index contributed by atoms with van der Waals surface area (Å²) in [6.07, 6.45) is 0.601. The highest BCUT2D eigenvalue weighted by Gasteiger charge is 2.25. The van der Waals surface area contributed by atoms with Gasteiger partial charge in [0.05, 0.1) is 11.1 Å². The molecule has 1 saturated heterocycles. The van der Waals surface area contributed by atoms with Gasteiger partial charge in [0.2, 0.25) is 0 Å². The monoisotopic (exact) mass is 429 g/mol. The van der Waals surface area contributed by atoms with E-state index in [2.05, 4.69) is 4.98 Å². The minimum Gasteiger partial charge on any atom is -0.337 e. The van der Waals surface area contributed by atoms with Crippen molar-refractivity contribution in [2.24, 2.45) is 0 Å². The molecule has 0 spiro atoms. The van der Waals surface area contributed by atoms with Crippen molar-refractivity contribution in [1.29, 1.82) is 0 Å². The van der Waals surface area contributed by atoms with Crippen LogP contribution < -0.4 is 0 Å². The minimum absolute atomic E-state index is 0.111. The first-order valence-electron chi connectivity index (χ1n) is 9.52. The van der Waals surface area contributed by atoms with Gasteiger partial charge in [-0.2, -0.15) is 0 Å². The van der Waals surface area contributed by atoms with Crippen molar-refractivity contribution in [3.63, 3.8) is 0 Å². The number of carbonyl (C=O) groups is 2. The van der Waals surface area contributed by atoms with Gasteiger partial charge < -0.3 is 9.80 Å². The Hall–Kier alpha value is -3.06. The SMILES string of the molecule is O=C(c1ccc(F)cc1)N1CCCN(C(=O)c2cc(Cl)nc3cc(F)ccc23)CC1. The van der Waals surface area contributed by atoms with Crippen LogP contribution in [0.5, 0.6) is 0 Å². The molecule has 0 bridgehead atoms. The molecule has 30 heavy (non-hydrogen) atoms. The van der Waals surface area contributed by atoms with E-state index < -0.39 is 11.6 Å². The lowest BCUT2D eigenvalue weighted by atomic mass is 10.1. The zero-order chi connectivity index (χ0) is 21.3. The highest BCUT2D eigenvalue weighted by atomic mass is 35.5. The number of benzene rings is 2. The van der Waals surface area contributed by atoms with Gasteiger partial charge in [-0.25, -0.2) is 13.8 Å². The molecule has 8 heteroatoms. The number of aromatic nitrogens is 1. The molecule has 0 N–H and O–H groups in total. The molecule has 0 atom stereocenters. The summed E-state index contributed by atoms with van der Waals surface area (Å²) in [5, 5.41) is 0.633. The third kappa shape index (κ3) is 4.11. The second-order valence-electron chi connectivity index (χ2n) is 7.10. The number of nitrogens with zero attached hydrogens (tertiary/aromatic N) is 3. The number of hydrogen-bond acceptors (Lipinski definition) is 3. The van der Waals surface area contributed by atoms with Crippen molar-refractivity contribution in [2.75, 3.05) is 26.2 Å². The van der Waals surface area contributed by atoms with Gasteiger partial charge in [-0.3, -0.25) is 9.59 Å². The molecule has 5 nitrogen and oxygen atoms in total. The Kier molecular flexibility index (Phi) is 5.63. The van der Waals surface area contributed by atoms with Crippen LogP contribution in [0.15, 0.2) is 48.5 Å². The van der Waals surface area contributed by atoms with Gasteiger partial charge in [0.15, 0.2) is 0 Å². The lowest BCUT2D eigenvalue weighted by molar-refractivity contribution is 0.0719. The molecule has 1 aromatic heterocycles. The fraction of sp³-hybridized carbons (Fsp3) is 0.227. The molecule has 0 saturated carbocycles. The largest absolute Gasteiger partial charge is 0.337 e. The molecular formula is C22H18ClF2N3O2. The van der Waals surface area contributed by atoms with E-state index in [1.165, 1.54) is 48.5 Å². The maximum absolute atomic E-state index is 13.6. The van der Waals surface area contributed by atoms with E-state index in [0.29, 0.717) is 54.6 Å². The number of amides is 2. The van der Waals surface area contributed by atoms with Crippen molar-refractivity contribution in [1.82, 2.24) is 14.8 Å². The van der Waals surface area contributed by atoms with Crippen molar-refractivity contribution >= 4 is 34.3 Å². The average Bonchev–Trinajstić information content (AvgIpc) is 2.98. The Balaban J connectivity index is 1.53. The second-order valence-corrected chi connectivity index (χ2v) is 7.49. The molecule has 1 fully saturated rings. The molecule has 0 unspecified atom stereocenters. The standard InChI is InChI=1S/C22H18ClF2N3O2/c23-20-13-18(17-7-6-16(25)12-19(17)26-20)22(30)28-9-1-8-27(10-11-28)21(29)14-2-4-15(24)5-3-14/h2-7,12-13H,1,8-11H2. The normalized spacial score (nSPS) is 14.6. The van der Waals surface area contributed by atoms with E-state index in [1.807, 2.05) is 0 Å². The Morgan fingerprint density at radius 3 is 2.17 bits per heavy atom. The Morgan fingerprint density at radius 2 is 1.47 bits per heavy atom. The number of rotatable bonds is 2. The van der Waals surface area contributed by atoms with Gasteiger partial charge in [0, 0.05) is 43.2 Å². The van der Waals surface area contributed by atoms with E-state index in [1.54, 1.807) is 9.80 Å². The molecule has 4 rings (SSSR count). The van der Waals surface area contributed by atoms with Crippen molar-refractivity contribution < 1.29 is 18.4 Å². The topological polar surface area (TPSA) is 53.5 Å².